The van der Waals surface area contributed by atoms with E-state index in [1.54, 1.807) is 6.20 Å². The fourth-order valence-corrected chi connectivity index (χ4v) is 6.07. The van der Waals surface area contributed by atoms with Crippen LogP contribution in [0.25, 0.3) is 50.4 Å². The van der Waals surface area contributed by atoms with Crippen molar-refractivity contribution < 1.29 is 5.11 Å². The number of rotatable bonds is 5. The largest absolute Gasteiger partial charge is 0.390 e. The van der Waals surface area contributed by atoms with Gasteiger partial charge in [0, 0.05) is 46.4 Å². The molecule has 0 saturated heterocycles. The van der Waals surface area contributed by atoms with Crippen LogP contribution in [0.2, 0.25) is 0 Å². The van der Waals surface area contributed by atoms with Gasteiger partial charge in [-0.05, 0) is 37.0 Å². The first kappa shape index (κ1) is 24.4. The summed E-state index contributed by atoms with van der Waals surface area (Å²) in [6.07, 6.45) is 6.80. The van der Waals surface area contributed by atoms with Crippen molar-refractivity contribution in [2.45, 2.75) is 30.9 Å². The van der Waals surface area contributed by atoms with E-state index >= 15 is 0 Å². The number of nitrogens with zero attached hydrogens (tertiary/aromatic N) is 4. The van der Waals surface area contributed by atoms with Crippen LogP contribution >= 0.6 is 0 Å². The molecule has 0 amide bonds. The predicted octanol–water partition coefficient (Wildman–Crippen LogP) is 6.49. The van der Waals surface area contributed by atoms with Crippen molar-refractivity contribution in [2.24, 2.45) is 5.73 Å². The van der Waals surface area contributed by atoms with Crippen LogP contribution in [0.1, 0.15) is 25.3 Å². The third-order valence-electron chi connectivity index (χ3n) is 7.82. The lowest BCUT2D eigenvalue weighted by Crippen LogP contribution is -2.58. The quantitative estimate of drug-likeness (QED) is 0.270. The van der Waals surface area contributed by atoms with Gasteiger partial charge in [-0.3, -0.25) is 4.98 Å². The van der Waals surface area contributed by atoms with Crippen molar-refractivity contribution >= 4 is 5.65 Å². The van der Waals surface area contributed by atoms with Crippen molar-refractivity contribution in [3.8, 4) is 44.8 Å². The van der Waals surface area contributed by atoms with Crippen molar-refractivity contribution in [3.05, 3.63) is 121 Å². The molecule has 3 aromatic heterocycles. The van der Waals surface area contributed by atoms with Gasteiger partial charge in [-0.1, -0.05) is 91.0 Å². The average molecular weight is 524 g/mol. The molecule has 0 spiro atoms. The first-order chi connectivity index (χ1) is 19.4. The molecule has 1 aliphatic rings. The Bertz CT molecular complexity index is 1800. The summed E-state index contributed by atoms with van der Waals surface area (Å²) in [5, 5.41) is 15.4. The standard InChI is InChI=1S/C34H29N5O/c1-33(40)21-34(35,22-33)27-16-14-25(15-17-27)30-28(23-9-4-2-5-10-23)20-39-32(37-30)29(26-13-8-18-36-19-26)31(38-39)24-11-6-3-7-12-24/h2-20,40H,21-22,35H2,1H3. The summed E-state index contributed by atoms with van der Waals surface area (Å²) in [6, 6.07) is 32.7. The molecule has 6 nitrogen and oxygen atoms in total. The molecule has 1 fully saturated rings. The van der Waals surface area contributed by atoms with Crippen LogP contribution in [-0.2, 0) is 5.54 Å². The highest BCUT2D eigenvalue weighted by Gasteiger charge is 2.49. The van der Waals surface area contributed by atoms with Crippen molar-refractivity contribution in [1.82, 2.24) is 19.6 Å². The SMILES string of the molecule is CC1(O)CC(N)(c2ccc(-c3nc4c(-c5cccnc5)c(-c5ccccc5)nn4cc3-c3ccccc3)cc2)C1. The first-order valence-corrected chi connectivity index (χ1v) is 13.5. The first-order valence-electron chi connectivity index (χ1n) is 13.5. The molecular weight excluding hydrogens is 494 g/mol. The molecule has 1 saturated carbocycles. The Morgan fingerprint density at radius 2 is 1.38 bits per heavy atom. The van der Waals surface area contributed by atoms with Gasteiger partial charge in [0.05, 0.1) is 16.9 Å². The molecule has 40 heavy (non-hydrogen) atoms. The molecule has 0 radical (unpaired) electrons. The van der Waals surface area contributed by atoms with E-state index in [0.717, 1.165) is 56.0 Å². The maximum absolute atomic E-state index is 10.3. The minimum atomic E-state index is -0.707. The van der Waals surface area contributed by atoms with E-state index in [-0.39, 0.29) is 0 Å². The number of aromatic nitrogens is 4. The molecule has 3 N–H and O–H groups in total. The van der Waals surface area contributed by atoms with Gasteiger partial charge in [-0.25, -0.2) is 9.50 Å². The molecule has 0 unspecified atom stereocenters. The van der Waals surface area contributed by atoms with E-state index in [4.69, 9.17) is 15.8 Å². The fraction of sp³-hybridized carbons (Fsp3) is 0.147. The Hall–Kier alpha value is -4.65. The van der Waals surface area contributed by atoms with Gasteiger partial charge in [0.2, 0.25) is 0 Å². The third kappa shape index (κ3) is 4.18. The molecule has 196 valence electrons. The van der Waals surface area contributed by atoms with Crippen LogP contribution in [0.5, 0.6) is 0 Å². The molecular formula is C34H29N5O. The van der Waals surface area contributed by atoms with E-state index in [2.05, 4.69) is 59.7 Å². The van der Waals surface area contributed by atoms with Crippen molar-refractivity contribution in [2.75, 3.05) is 0 Å². The van der Waals surface area contributed by atoms with E-state index in [1.165, 1.54) is 0 Å². The Balaban J connectivity index is 1.45. The van der Waals surface area contributed by atoms with Crippen LogP contribution in [0, 0.1) is 0 Å². The third-order valence-corrected chi connectivity index (χ3v) is 7.82. The summed E-state index contributed by atoms with van der Waals surface area (Å²) in [4.78, 5) is 9.68. The lowest BCUT2D eigenvalue weighted by molar-refractivity contribution is -0.0738. The number of nitrogens with two attached hydrogens (primary N) is 1. The fourth-order valence-electron chi connectivity index (χ4n) is 6.07. The number of hydrogen-bond acceptors (Lipinski definition) is 5. The summed E-state index contributed by atoms with van der Waals surface area (Å²) < 4.78 is 1.89. The minimum Gasteiger partial charge on any atom is -0.390 e. The number of pyridine rings is 1. The molecule has 1 aliphatic carbocycles. The van der Waals surface area contributed by atoms with Gasteiger partial charge < -0.3 is 10.8 Å². The number of aliphatic hydroxyl groups is 1. The average Bonchev–Trinajstić information content (AvgIpc) is 3.35. The molecule has 3 aromatic carbocycles. The highest BCUT2D eigenvalue weighted by Crippen LogP contribution is 2.46. The number of fused-ring (bicyclic) bond motifs is 1. The monoisotopic (exact) mass is 523 g/mol. The smallest absolute Gasteiger partial charge is 0.164 e. The molecule has 7 rings (SSSR count). The van der Waals surface area contributed by atoms with Crippen LogP contribution < -0.4 is 5.73 Å². The summed E-state index contributed by atoms with van der Waals surface area (Å²) in [5.74, 6) is 0. The molecule has 0 atom stereocenters. The van der Waals surface area contributed by atoms with Crippen molar-refractivity contribution in [3.63, 3.8) is 0 Å². The zero-order valence-electron chi connectivity index (χ0n) is 22.2. The summed E-state index contributed by atoms with van der Waals surface area (Å²) in [7, 11) is 0. The second-order valence-electron chi connectivity index (χ2n) is 11.1. The van der Waals surface area contributed by atoms with Crippen LogP contribution in [0.3, 0.4) is 0 Å². The predicted molar refractivity (Wildman–Crippen MR) is 158 cm³/mol. The van der Waals surface area contributed by atoms with Gasteiger partial charge in [-0.2, -0.15) is 5.10 Å². The lowest BCUT2D eigenvalue weighted by atomic mass is 9.63. The topological polar surface area (TPSA) is 89.3 Å². The lowest BCUT2D eigenvalue weighted by Gasteiger charge is -2.49. The zero-order chi connectivity index (χ0) is 27.3. The van der Waals surface area contributed by atoms with E-state index < -0.39 is 11.1 Å². The summed E-state index contributed by atoms with van der Waals surface area (Å²) in [6.45, 7) is 1.84. The summed E-state index contributed by atoms with van der Waals surface area (Å²) in [5.41, 5.74) is 14.9. The Labute approximate surface area is 232 Å². The van der Waals surface area contributed by atoms with Gasteiger partial charge in [0.15, 0.2) is 5.65 Å². The highest BCUT2D eigenvalue weighted by atomic mass is 16.3. The van der Waals surface area contributed by atoms with Gasteiger partial charge >= 0.3 is 0 Å². The summed E-state index contributed by atoms with van der Waals surface area (Å²) >= 11 is 0. The molecule has 6 aromatic rings. The van der Waals surface area contributed by atoms with Gasteiger partial charge in [0.1, 0.15) is 5.69 Å². The second-order valence-corrected chi connectivity index (χ2v) is 11.1. The van der Waals surface area contributed by atoms with Crippen LogP contribution in [0.4, 0.5) is 0 Å². The van der Waals surface area contributed by atoms with Gasteiger partial charge in [-0.15, -0.1) is 0 Å². The Kier molecular flexibility index (Phi) is 5.63. The van der Waals surface area contributed by atoms with E-state index in [9.17, 15) is 5.11 Å². The normalized spacial score (nSPS) is 20.4. The molecule has 6 heteroatoms. The van der Waals surface area contributed by atoms with Gasteiger partial charge in [0.25, 0.3) is 0 Å². The molecule has 0 aliphatic heterocycles. The second kappa shape index (κ2) is 9.23. The number of benzene rings is 3. The minimum absolute atomic E-state index is 0.509. The Morgan fingerprint density at radius 3 is 2.00 bits per heavy atom. The maximum Gasteiger partial charge on any atom is 0.164 e. The van der Waals surface area contributed by atoms with E-state index in [1.807, 2.05) is 66.2 Å². The highest BCUT2D eigenvalue weighted by molar-refractivity contribution is 5.92. The number of hydrogen-bond donors (Lipinski definition) is 2. The molecule has 3 heterocycles. The Morgan fingerprint density at radius 1 is 0.750 bits per heavy atom. The van der Waals surface area contributed by atoms with Crippen LogP contribution in [0.15, 0.2) is 116 Å². The van der Waals surface area contributed by atoms with Crippen LogP contribution in [-0.4, -0.2) is 30.3 Å². The van der Waals surface area contributed by atoms with Crippen molar-refractivity contribution in [1.29, 1.82) is 0 Å². The van der Waals surface area contributed by atoms with E-state index in [0.29, 0.717) is 12.8 Å². The molecule has 0 bridgehead atoms. The zero-order valence-corrected chi connectivity index (χ0v) is 22.2. The maximum atomic E-state index is 10.3.